The van der Waals surface area contributed by atoms with E-state index in [1.807, 2.05) is 24.6 Å². The Morgan fingerprint density at radius 3 is 2.75 bits per heavy atom. The number of hydrogen-bond acceptors (Lipinski definition) is 3. The van der Waals surface area contributed by atoms with Gasteiger partial charge in [-0.25, -0.2) is 0 Å². The minimum Gasteiger partial charge on any atom is -0.344 e. The molecule has 90 valence electrons. The van der Waals surface area contributed by atoms with Crippen LogP contribution in [0.4, 0.5) is 0 Å². The highest BCUT2D eigenvalue weighted by atomic mass is 32.1. The van der Waals surface area contributed by atoms with Crippen molar-refractivity contribution >= 4 is 17.2 Å². The van der Waals surface area contributed by atoms with Crippen molar-refractivity contribution in [3.8, 4) is 0 Å². The molecule has 1 rings (SSSR count). The van der Waals surface area contributed by atoms with E-state index in [4.69, 9.17) is 5.73 Å². The maximum Gasteiger partial charge on any atom is 0.244 e. The molecule has 1 aromatic rings. The summed E-state index contributed by atoms with van der Waals surface area (Å²) >= 11 is 1.53. The van der Waals surface area contributed by atoms with Crippen LogP contribution in [-0.2, 0) is 4.79 Å². The van der Waals surface area contributed by atoms with Gasteiger partial charge >= 0.3 is 0 Å². The van der Waals surface area contributed by atoms with Gasteiger partial charge in [0, 0.05) is 18.5 Å². The van der Waals surface area contributed by atoms with Crippen molar-refractivity contribution in [1.82, 2.24) is 4.90 Å². The topological polar surface area (TPSA) is 46.3 Å². The van der Waals surface area contributed by atoms with Gasteiger partial charge in [0.2, 0.25) is 5.91 Å². The van der Waals surface area contributed by atoms with E-state index >= 15 is 0 Å². The summed E-state index contributed by atoms with van der Waals surface area (Å²) in [6.45, 7) is 5.07. The second-order valence-corrected chi connectivity index (χ2v) is 5.41. The second kappa shape index (κ2) is 6.01. The molecule has 1 aromatic heterocycles. The van der Waals surface area contributed by atoms with Gasteiger partial charge in [0.05, 0.1) is 0 Å². The molecule has 3 nitrogen and oxygen atoms in total. The number of carbonyl (C=O) groups is 1. The van der Waals surface area contributed by atoms with Gasteiger partial charge in [0.15, 0.2) is 0 Å². The van der Waals surface area contributed by atoms with Gasteiger partial charge in [-0.15, -0.1) is 11.3 Å². The number of carbonyl (C=O) groups excluding carboxylic acids is 1. The van der Waals surface area contributed by atoms with Crippen LogP contribution in [0.3, 0.4) is 0 Å². The number of amides is 1. The van der Waals surface area contributed by atoms with Crippen LogP contribution in [0.5, 0.6) is 0 Å². The van der Waals surface area contributed by atoms with Crippen LogP contribution < -0.4 is 5.73 Å². The van der Waals surface area contributed by atoms with E-state index in [-0.39, 0.29) is 5.91 Å². The predicted octanol–water partition coefficient (Wildman–Crippen LogP) is 2.25. The van der Waals surface area contributed by atoms with Gasteiger partial charge in [-0.1, -0.05) is 19.9 Å². The Balaban J connectivity index is 2.50. The number of nitrogens with two attached hydrogens (primary N) is 1. The Labute approximate surface area is 101 Å². The summed E-state index contributed by atoms with van der Waals surface area (Å²) in [7, 11) is 1.82. The summed E-state index contributed by atoms with van der Waals surface area (Å²) in [6, 6.07) is 3.32. The van der Waals surface area contributed by atoms with Crippen molar-refractivity contribution in [3.05, 3.63) is 22.4 Å². The van der Waals surface area contributed by atoms with Crippen molar-refractivity contribution in [2.75, 3.05) is 13.6 Å². The monoisotopic (exact) mass is 240 g/mol. The van der Waals surface area contributed by atoms with Crippen molar-refractivity contribution < 1.29 is 4.79 Å². The zero-order valence-electron chi connectivity index (χ0n) is 10.1. The molecule has 0 saturated heterocycles. The highest BCUT2D eigenvalue weighted by molar-refractivity contribution is 7.10. The van der Waals surface area contributed by atoms with E-state index in [1.54, 1.807) is 4.90 Å². The van der Waals surface area contributed by atoms with Crippen LogP contribution in [0.1, 0.15) is 31.2 Å². The average molecular weight is 240 g/mol. The first-order chi connectivity index (χ1) is 7.52. The van der Waals surface area contributed by atoms with E-state index < -0.39 is 6.04 Å². The Kier molecular flexibility index (Phi) is 4.96. The molecule has 0 aromatic carbocycles. The maximum absolute atomic E-state index is 12.0. The zero-order chi connectivity index (χ0) is 12.1. The third-order valence-electron chi connectivity index (χ3n) is 2.53. The lowest BCUT2D eigenvalue weighted by Crippen LogP contribution is -2.36. The number of likely N-dealkylation sites (N-methyl/N-ethyl adjacent to an activating group) is 1. The number of hydrogen-bond donors (Lipinski definition) is 1. The van der Waals surface area contributed by atoms with E-state index in [0.29, 0.717) is 5.92 Å². The van der Waals surface area contributed by atoms with Crippen LogP contribution in [0.15, 0.2) is 17.5 Å². The van der Waals surface area contributed by atoms with Gasteiger partial charge in [-0.2, -0.15) is 0 Å². The summed E-state index contributed by atoms with van der Waals surface area (Å²) in [5.41, 5.74) is 5.91. The quantitative estimate of drug-likeness (QED) is 0.858. The molecule has 0 bridgehead atoms. The lowest BCUT2D eigenvalue weighted by Gasteiger charge is -2.21. The molecule has 1 unspecified atom stereocenters. The third kappa shape index (κ3) is 3.61. The summed E-state index contributed by atoms with van der Waals surface area (Å²) in [6.07, 6.45) is 1.01. The molecule has 0 aliphatic rings. The largest absolute Gasteiger partial charge is 0.344 e. The predicted molar refractivity (Wildman–Crippen MR) is 68.3 cm³/mol. The molecular formula is C12H20N2OS. The highest BCUT2D eigenvalue weighted by Gasteiger charge is 2.20. The molecule has 1 heterocycles. The van der Waals surface area contributed by atoms with Gasteiger partial charge in [0.25, 0.3) is 0 Å². The Hall–Kier alpha value is -0.870. The Morgan fingerprint density at radius 2 is 2.25 bits per heavy atom. The maximum atomic E-state index is 12.0. The van der Waals surface area contributed by atoms with Crippen molar-refractivity contribution in [3.63, 3.8) is 0 Å². The molecule has 0 aliphatic heterocycles. The lowest BCUT2D eigenvalue weighted by molar-refractivity contribution is -0.131. The highest BCUT2D eigenvalue weighted by Crippen LogP contribution is 2.18. The molecule has 16 heavy (non-hydrogen) atoms. The molecule has 1 atom stereocenters. The first-order valence-electron chi connectivity index (χ1n) is 5.56. The summed E-state index contributed by atoms with van der Waals surface area (Å²) in [5, 5.41) is 1.94. The fraction of sp³-hybridized carbons (Fsp3) is 0.583. The van der Waals surface area contributed by atoms with Crippen LogP contribution in [0.25, 0.3) is 0 Å². The van der Waals surface area contributed by atoms with Gasteiger partial charge in [0.1, 0.15) is 6.04 Å². The first kappa shape index (κ1) is 13.2. The first-order valence-corrected chi connectivity index (χ1v) is 6.44. The summed E-state index contributed by atoms with van der Waals surface area (Å²) in [4.78, 5) is 14.6. The third-order valence-corrected chi connectivity index (χ3v) is 3.49. The van der Waals surface area contributed by atoms with Gasteiger partial charge in [-0.05, 0) is 23.8 Å². The number of rotatable bonds is 5. The van der Waals surface area contributed by atoms with E-state index in [9.17, 15) is 4.79 Å². The van der Waals surface area contributed by atoms with Crippen LogP contribution in [0, 0.1) is 5.92 Å². The molecule has 0 fully saturated rings. The average Bonchev–Trinajstić information content (AvgIpc) is 2.77. The van der Waals surface area contributed by atoms with Gasteiger partial charge in [-0.3, -0.25) is 4.79 Å². The standard InChI is InChI=1S/C12H20N2OS/c1-9(2)6-7-14(3)12(15)11(13)10-5-4-8-16-10/h4-5,8-9,11H,6-7,13H2,1-3H3. The van der Waals surface area contributed by atoms with Crippen LogP contribution in [-0.4, -0.2) is 24.4 Å². The molecular weight excluding hydrogens is 220 g/mol. The minimum absolute atomic E-state index is 0.00287. The Morgan fingerprint density at radius 1 is 1.56 bits per heavy atom. The molecule has 4 heteroatoms. The zero-order valence-corrected chi connectivity index (χ0v) is 11.0. The van der Waals surface area contributed by atoms with Crippen LogP contribution in [0.2, 0.25) is 0 Å². The van der Waals surface area contributed by atoms with Gasteiger partial charge < -0.3 is 10.6 Å². The van der Waals surface area contributed by atoms with E-state index in [0.717, 1.165) is 17.8 Å². The van der Waals surface area contributed by atoms with Crippen molar-refractivity contribution in [2.24, 2.45) is 11.7 Å². The Bertz CT molecular complexity index is 322. The molecule has 0 aliphatic carbocycles. The molecule has 0 spiro atoms. The molecule has 2 N–H and O–H groups in total. The fourth-order valence-electron chi connectivity index (χ4n) is 1.39. The summed E-state index contributed by atoms with van der Waals surface area (Å²) in [5.74, 6) is 0.608. The van der Waals surface area contributed by atoms with Crippen LogP contribution >= 0.6 is 11.3 Å². The smallest absolute Gasteiger partial charge is 0.244 e. The number of nitrogens with zero attached hydrogens (tertiary/aromatic N) is 1. The summed E-state index contributed by atoms with van der Waals surface area (Å²) < 4.78 is 0. The van der Waals surface area contributed by atoms with E-state index in [2.05, 4.69) is 13.8 Å². The minimum atomic E-state index is -0.503. The van der Waals surface area contributed by atoms with Crippen molar-refractivity contribution in [2.45, 2.75) is 26.3 Å². The fourth-order valence-corrected chi connectivity index (χ4v) is 2.11. The SMILES string of the molecule is CC(C)CCN(C)C(=O)C(N)c1cccs1. The van der Waals surface area contributed by atoms with E-state index in [1.165, 1.54) is 11.3 Å². The molecule has 0 radical (unpaired) electrons. The molecule has 0 saturated carbocycles. The number of thiophene rings is 1. The lowest BCUT2D eigenvalue weighted by atomic mass is 10.1. The second-order valence-electron chi connectivity index (χ2n) is 4.44. The normalized spacial score (nSPS) is 12.8. The molecule has 1 amide bonds. The van der Waals surface area contributed by atoms with Crippen molar-refractivity contribution in [1.29, 1.82) is 0 Å².